The minimum atomic E-state index is -2.56. The van der Waals surface area contributed by atoms with Crippen LogP contribution in [0.25, 0.3) is 0 Å². The van der Waals surface area contributed by atoms with Gasteiger partial charge >= 0.3 is 119 Å². The number of hydrogen-bond donors (Lipinski definition) is 0. The van der Waals surface area contributed by atoms with E-state index in [1.165, 1.54) is 7.11 Å². The van der Waals surface area contributed by atoms with Gasteiger partial charge in [-0.1, -0.05) is 0 Å². The second-order valence-electron chi connectivity index (χ2n) is 5.52. The van der Waals surface area contributed by atoms with Gasteiger partial charge in [0.2, 0.25) is 0 Å². The van der Waals surface area contributed by atoms with E-state index in [9.17, 15) is 10.1 Å². The van der Waals surface area contributed by atoms with Gasteiger partial charge in [-0.25, -0.2) is 0 Å². The van der Waals surface area contributed by atoms with Crippen molar-refractivity contribution in [3.63, 3.8) is 0 Å². The summed E-state index contributed by atoms with van der Waals surface area (Å²) in [7, 11) is 4.18. The quantitative estimate of drug-likeness (QED) is 0.131. The van der Waals surface area contributed by atoms with Crippen LogP contribution in [0.3, 0.4) is 0 Å². The van der Waals surface area contributed by atoms with Crippen LogP contribution < -0.4 is 9.47 Å². The van der Waals surface area contributed by atoms with E-state index in [-0.39, 0.29) is 18.0 Å². The first-order valence-electron chi connectivity index (χ1n) is 8.48. The molecule has 1 aromatic carbocycles. The molecule has 0 atom stereocenters. The van der Waals surface area contributed by atoms with Gasteiger partial charge in [-0.05, 0) is 0 Å². The van der Waals surface area contributed by atoms with E-state index >= 15 is 0 Å². The molecule has 1 rings (SSSR count). The summed E-state index contributed by atoms with van der Waals surface area (Å²) in [5.74, 6) is 0.539. The number of ether oxygens (including phenoxy) is 3. The van der Waals surface area contributed by atoms with Crippen molar-refractivity contribution in [2.24, 2.45) is 0 Å². The van der Waals surface area contributed by atoms with Gasteiger partial charge in [-0.3, -0.25) is 0 Å². The fraction of sp³-hybridized carbons (Fsp3) is 0.625. The topological polar surface area (TPSA) is 98.5 Å². The van der Waals surface area contributed by atoms with Gasteiger partial charge < -0.3 is 13.3 Å². The minimum absolute atomic E-state index is 0.108. The summed E-state index contributed by atoms with van der Waals surface area (Å²) < 4.78 is 32.8. The van der Waals surface area contributed by atoms with Crippen LogP contribution in [0.5, 0.6) is 11.5 Å². The third kappa shape index (κ3) is 5.90. The van der Waals surface area contributed by atoms with Gasteiger partial charge in [0.1, 0.15) is 0 Å². The fourth-order valence-electron chi connectivity index (χ4n) is 2.61. The van der Waals surface area contributed by atoms with E-state index in [2.05, 4.69) is 0 Å². The molecule has 0 saturated heterocycles. The molecule has 0 amide bonds. The number of nitro benzene ring substituents is 1. The summed E-state index contributed by atoms with van der Waals surface area (Å²) >= 11 is 0. The standard InChI is InChI=1S/C16H26NO8Si.Rf/c1-20-14-9-8-13(15(17(18)19)16(14)21-2)12-25-10-6-7-11-26(22-3,23-4)24-5;/h8-9H,1,6-7,10-12H2,2-5H3;. The predicted octanol–water partition coefficient (Wildman–Crippen LogP) is 2.66. The Morgan fingerprint density at radius 2 is 1.78 bits per heavy atom. The third-order valence-electron chi connectivity index (χ3n) is 4.04. The first-order valence-corrected chi connectivity index (χ1v) is 14.9. The molecule has 0 N–H and O–H groups in total. The molecule has 1 aromatic rings. The first kappa shape index (κ1) is 22.3. The van der Waals surface area contributed by atoms with Crippen molar-refractivity contribution in [3.05, 3.63) is 27.8 Å². The summed E-state index contributed by atoms with van der Waals surface area (Å²) in [4.78, 5) is 11.0. The second-order valence-corrected chi connectivity index (χ2v) is 10.5. The number of rotatable bonds is 14. The van der Waals surface area contributed by atoms with Crippen LogP contribution in [0.4, 0.5) is 5.69 Å². The van der Waals surface area contributed by atoms with E-state index < -0.39 is 13.7 Å². The van der Waals surface area contributed by atoms with Gasteiger partial charge in [0.15, 0.2) is 0 Å². The number of hydrogen-bond acceptors (Lipinski definition) is 8. The third-order valence-corrected chi connectivity index (χ3v) is 7.79. The maximum atomic E-state index is 11.5. The van der Waals surface area contributed by atoms with Crippen molar-refractivity contribution in [2.75, 3.05) is 42.2 Å². The molecule has 149 valence electrons. The van der Waals surface area contributed by atoms with Gasteiger partial charge in [0, 0.05) is 21.3 Å². The van der Waals surface area contributed by atoms with Crippen molar-refractivity contribution in [2.45, 2.75) is 25.5 Å². The number of nitro groups is 1. The Hall–Kier alpha value is -2.72. The summed E-state index contributed by atoms with van der Waals surface area (Å²) in [5.41, 5.74) is 0.348. The molecule has 0 aliphatic rings. The zero-order valence-electron chi connectivity index (χ0n) is 16.3. The molecular weight excluding hydrogens is 629 g/mol. The molecule has 0 aliphatic heterocycles. The molecule has 27 heavy (non-hydrogen) atoms. The van der Waals surface area contributed by atoms with Gasteiger partial charge in [-0.15, -0.1) is 0 Å². The van der Waals surface area contributed by atoms with Crippen LogP contribution >= 0.6 is 0 Å². The van der Waals surface area contributed by atoms with E-state index in [1.54, 1.807) is 33.5 Å². The van der Waals surface area contributed by atoms with Gasteiger partial charge in [-0.2, -0.15) is 0 Å². The molecule has 0 radical (unpaired) electrons. The Morgan fingerprint density at radius 1 is 1.11 bits per heavy atom. The van der Waals surface area contributed by atoms with Crippen LogP contribution in [-0.4, -0.2) is 55.9 Å². The molecule has 0 bridgehead atoms. The summed E-state index contributed by atoms with van der Waals surface area (Å²) in [6.07, 6.45) is 1.57. The Balaban J connectivity index is 2.63. The summed E-state index contributed by atoms with van der Waals surface area (Å²) in [6, 6.07) is 4.02. The molecule has 0 aliphatic carbocycles. The Labute approximate surface area is 154 Å². The van der Waals surface area contributed by atoms with Gasteiger partial charge in [0.05, 0.1) is 0 Å². The van der Waals surface area contributed by atoms with Crippen molar-refractivity contribution >= 4 is 14.5 Å². The zero-order chi connectivity index (χ0) is 20.3. The van der Waals surface area contributed by atoms with E-state index in [0.717, 1.165) is 12.8 Å². The predicted molar refractivity (Wildman–Crippen MR) is 95.6 cm³/mol. The van der Waals surface area contributed by atoms with E-state index in [0.29, 0.717) is 31.1 Å². The summed E-state index contributed by atoms with van der Waals surface area (Å²) in [6.45, 7) is 0.586. The van der Waals surface area contributed by atoms with E-state index in [1.807, 2.05) is 0 Å². The van der Waals surface area contributed by atoms with Crippen molar-refractivity contribution in [1.29, 1.82) is 0 Å². The van der Waals surface area contributed by atoms with Crippen LogP contribution in [0.1, 0.15) is 18.4 Å². The number of unbranched alkanes of at least 4 members (excludes halogenated alkanes) is 1. The van der Waals surface area contributed by atoms with E-state index in [4.69, 9.17) is 27.5 Å². The SMILES string of the molecule is COc1c(O[CH2][Rf])ccc(COCCCC[Si](OC)(OC)OC)c1[N+](=O)[O-]. The zero-order valence-corrected chi connectivity index (χ0v) is 23.7. The first-order chi connectivity index (χ1) is 13.0. The number of nitrogens with zero attached hydrogens (tertiary/aromatic N) is 1. The molecule has 11 heteroatoms. The normalized spacial score (nSPS) is 11.5. The van der Waals surface area contributed by atoms with Gasteiger partial charge in [0.25, 0.3) is 0 Å². The fourth-order valence-corrected chi connectivity index (χ4v) is 5.41. The second kappa shape index (κ2) is 11.1. The molecule has 0 spiro atoms. The molecular formula is C16H26NO8RfSi. The monoisotopic (exact) mass is 655 g/mol. The number of benzene rings is 1. The van der Waals surface area contributed by atoms with Crippen molar-refractivity contribution in [1.82, 2.24) is 0 Å². The average Bonchev–Trinajstić information content (AvgIpc) is 2.68. The molecule has 9 nitrogen and oxygen atoms in total. The van der Waals surface area contributed by atoms with Crippen LogP contribution in [0.15, 0.2) is 12.1 Å². The summed E-state index contributed by atoms with van der Waals surface area (Å²) in [5, 5.41) is 11.5. The number of methoxy groups -OCH3 is 1. The Morgan fingerprint density at radius 3 is 2.30 bits per heavy atom. The average molecular weight is 655 g/mol. The molecule has 0 heterocycles. The van der Waals surface area contributed by atoms with Crippen LogP contribution in [0.2, 0.25) is 6.04 Å². The van der Waals surface area contributed by atoms with Crippen LogP contribution in [0, 0.1) is 10.1 Å². The molecule has 0 fully saturated rings. The molecule has 0 aromatic heterocycles. The van der Waals surface area contributed by atoms with Crippen LogP contribution in [-0.2, 0) is 24.6 Å². The van der Waals surface area contributed by atoms with Crippen molar-refractivity contribution < 1.29 is 32.4 Å². The molecule has 0 unspecified atom stereocenters. The Bertz CT molecular complexity index is 592. The maximum absolute atomic E-state index is 11.5. The Kier molecular flexibility index (Phi) is 9.17. The van der Waals surface area contributed by atoms with Crippen molar-refractivity contribution in [3.8, 4) is 11.5 Å². The molecule has 0 saturated carbocycles.